The third-order valence-corrected chi connectivity index (χ3v) is 3.23. The van der Waals surface area contributed by atoms with Crippen molar-refractivity contribution in [3.63, 3.8) is 0 Å². The Kier molecular flexibility index (Phi) is 3.27. The molecule has 3 rings (SSSR count). The normalized spacial score (nSPS) is 10.6. The van der Waals surface area contributed by atoms with Crippen LogP contribution in [-0.4, -0.2) is 32.9 Å². The molecular weight excluding hydrogens is 266 g/mol. The lowest BCUT2D eigenvalue weighted by atomic mass is 10.3. The molecule has 0 fully saturated rings. The number of H-pyrrole nitrogens is 1. The van der Waals surface area contributed by atoms with Gasteiger partial charge in [-0.1, -0.05) is 18.2 Å². The van der Waals surface area contributed by atoms with Crippen molar-refractivity contribution in [1.82, 2.24) is 20.0 Å². The maximum Gasteiger partial charge on any atom is 0.251 e. The highest BCUT2D eigenvalue weighted by Crippen LogP contribution is 2.24. The minimum atomic E-state index is -0.103. The number of carbonyl (C=O) groups excluding carboxylic acids is 1. The van der Waals surface area contributed by atoms with Crippen LogP contribution >= 0.6 is 0 Å². The van der Waals surface area contributed by atoms with E-state index in [-0.39, 0.29) is 5.91 Å². The Balaban J connectivity index is 2.11. The Morgan fingerprint density at radius 3 is 2.67 bits per heavy atom. The van der Waals surface area contributed by atoms with E-state index in [1.165, 1.54) is 11.9 Å². The smallest absolute Gasteiger partial charge is 0.251 e. The first kappa shape index (κ1) is 13.1. The second-order valence-corrected chi connectivity index (χ2v) is 4.64. The van der Waals surface area contributed by atoms with Gasteiger partial charge in [-0.25, -0.2) is 15.0 Å². The van der Waals surface area contributed by atoms with Gasteiger partial charge in [0.05, 0.1) is 5.69 Å². The molecule has 0 aliphatic carbocycles. The summed E-state index contributed by atoms with van der Waals surface area (Å²) in [7, 11) is 1.69. The summed E-state index contributed by atoms with van der Waals surface area (Å²) in [6, 6.07) is 11.4. The average molecular weight is 281 g/mol. The Hall–Kier alpha value is -2.89. The van der Waals surface area contributed by atoms with E-state index < -0.39 is 0 Å². The van der Waals surface area contributed by atoms with Crippen LogP contribution in [0.2, 0.25) is 0 Å². The first-order valence-corrected chi connectivity index (χ1v) is 6.56. The maximum atomic E-state index is 11.8. The van der Waals surface area contributed by atoms with Crippen molar-refractivity contribution < 1.29 is 4.79 Å². The molecule has 0 saturated heterocycles. The molecule has 1 amide bonds. The van der Waals surface area contributed by atoms with Gasteiger partial charge >= 0.3 is 0 Å². The number of hydrogen-bond acceptors (Lipinski definition) is 4. The summed E-state index contributed by atoms with van der Waals surface area (Å²) in [6.07, 6.45) is 3.54. The fourth-order valence-corrected chi connectivity index (χ4v) is 2.06. The Labute approximate surface area is 122 Å². The third-order valence-electron chi connectivity index (χ3n) is 3.23. The molecule has 1 aromatic carbocycles. The molecule has 2 aromatic heterocycles. The average Bonchev–Trinajstić information content (AvgIpc) is 2.96. The third kappa shape index (κ3) is 2.43. The van der Waals surface area contributed by atoms with E-state index in [1.807, 2.05) is 42.6 Å². The number of nitrogens with one attached hydrogen (secondary N) is 1. The highest BCUT2D eigenvalue weighted by molar-refractivity contribution is 5.79. The molecule has 0 atom stereocenters. The van der Waals surface area contributed by atoms with Gasteiger partial charge in [0.15, 0.2) is 0 Å². The summed E-state index contributed by atoms with van der Waals surface area (Å²) in [5, 5.41) is 4.10. The summed E-state index contributed by atoms with van der Waals surface area (Å²) < 4.78 is 0. The van der Waals surface area contributed by atoms with Crippen molar-refractivity contribution in [2.75, 3.05) is 12.1 Å². The van der Waals surface area contributed by atoms with Gasteiger partial charge in [0, 0.05) is 31.8 Å². The number of amides is 1. The van der Waals surface area contributed by atoms with Crippen molar-refractivity contribution in [2.24, 2.45) is 0 Å². The number of anilines is 2. The zero-order valence-corrected chi connectivity index (χ0v) is 11.8. The van der Waals surface area contributed by atoms with Gasteiger partial charge in [0.25, 0.3) is 5.95 Å². The van der Waals surface area contributed by atoms with Crippen molar-refractivity contribution >= 4 is 28.6 Å². The number of nitrogens with zero attached hydrogens (tertiary/aromatic N) is 4. The van der Waals surface area contributed by atoms with Gasteiger partial charge in [-0.2, -0.15) is 4.98 Å². The second kappa shape index (κ2) is 5.24. The van der Waals surface area contributed by atoms with E-state index in [1.54, 1.807) is 18.3 Å². The largest absolute Gasteiger partial charge is 0.346 e. The van der Waals surface area contributed by atoms with Crippen LogP contribution in [0.25, 0.3) is 11.0 Å². The zero-order chi connectivity index (χ0) is 14.8. The van der Waals surface area contributed by atoms with Crippen LogP contribution < -0.4 is 5.01 Å². The van der Waals surface area contributed by atoms with E-state index in [2.05, 4.69) is 15.0 Å². The monoisotopic (exact) mass is 281 g/mol. The molecule has 3 aromatic rings. The number of rotatable bonds is 3. The molecule has 0 unspecified atom stereocenters. The topological polar surface area (TPSA) is 65.1 Å². The summed E-state index contributed by atoms with van der Waals surface area (Å²) in [5.41, 5.74) is 1.55. The summed E-state index contributed by atoms with van der Waals surface area (Å²) in [6.45, 7) is 1.50. The highest BCUT2D eigenvalue weighted by atomic mass is 16.2. The molecular formula is C15H15N5O. The van der Waals surface area contributed by atoms with Gasteiger partial charge in [-0.05, 0) is 18.2 Å². The Morgan fingerprint density at radius 1 is 1.19 bits per heavy atom. The predicted octanol–water partition coefficient (Wildman–Crippen LogP) is 2.49. The van der Waals surface area contributed by atoms with Gasteiger partial charge in [0.1, 0.15) is 5.65 Å². The van der Waals surface area contributed by atoms with Crippen molar-refractivity contribution in [3.05, 3.63) is 48.8 Å². The van der Waals surface area contributed by atoms with Crippen LogP contribution in [0, 0.1) is 0 Å². The minimum Gasteiger partial charge on any atom is -0.346 e. The van der Waals surface area contributed by atoms with Crippen molar-refractivity contribution in [2.45, 2.75) is 6.92 Å². The first-order chi connectivity index (χ1) is 10.2. The number of aromatic amines is 1. The fraction of sp³-hybridized carbons (Fsp3) is 0.133. The molecule has 2 heterocycles. The molecule has 6 nitrogen and oxygen atoms in total. The SMILES string of the molecule is CC(=O)N(C)N(c1ccccc1)c1ncc2cc[nH]c2n1. The van der Waals surface area contributed by atoms with E-state index in [4.69, 9.17) is 0 Å². The predicted molar refractivity (Wildman–Crippen MR) is 80.9 cm³/mol. The van der Waals surface area contributed by atoms with Gasteiger partial charge in [-0.15, -0.1) is 0 Å². The number of hydrazine groups is 1. The Morgan fingerprint density at radius 2 is 1.95 bits per heavy atom. The molecule has 0 bridgehead atoms. The quantitative estimate of drug-likeness (QED) is 0.749. The minimum absolute atomic E-state index is 0.103. The van der Waals surface area contributed by atoms with Crippen molar-refractivity contribution in [3.8, 4) is 0 Å². The van der Waals surface area contributed by atoms with Crippen LogP contribution in [-0.2, 0) is 4.79 Å². The number of fused-ring (bicyclic) bond motifs is 1. The number of para-hydroxylation sites is 1. The van der Waals surface area contributed by atoms with Gasteiger partial charge in [-0.3, -0.25) is 4.79 Å². The fourth-order valence-electron chi connectivity index (χ4n) is 2.06. The van der Waals surface area contributed by atoms with E-state index in [0.717, 1.165) is 16.7 Å². The molecule has 0 aliphatic rings. The first-order valence-electron chi connectivity index (χ1n) is 6.56. The molecule has 0 saturated carbocycles. The van der Waals surface area contributed by atoms with Crippen LogP contribution in [0.15, 0.2) is 48.8 Å². The highest BCUT2D eigenvalue weighted by Gasteiger charge is 2.20. The maximum absolute atomic E-state index is 11.8. The molecule has 0 radical (unpaired) electrons. The van der Waals surface area contributed by atoms with E-state index >= 15 is 0 Å². The number of benzene rings is 1. The van der Waals surface area contributed by atoms with Crippen LogP contribution in [0.5, 0.6) is 0 Å². The number of hydrogen-bond donors (Lipinski definition) is 1. The number of carbonyl (C=O) groups is 1. The zero-order valence-electron chi connectivity index (χ0n) is 11.8. The van der Waals surface area contributed by atoms with E-state index in [0.29, 0.717) is 5.95 Å². The lowest BCUT2D eigenvalue weighted by Gasteiger charge is -2.30. The molecule has 1 N–H and O–H groups in total. The Bertz CT molecular complexity index is 768. The van der Waals surface area contributed by atoms with Crippen LogP contribution in [0.1, 0.15) is 6.92 Å². The van der Waals surface area contributed by atoms with Crippen LogP contribution in [0.3, 0.4) is 0 Å². The van der Waals surface area contributed by atoms with Gasteiger partial charge < -0.3 is 4.98 Å². The lowest BCUT2D eigenvalue weighted by molar-refractivity contribution is -0.127. The molecule has 21 heavy (non-hydrogen) atoms. The van der Waals surface area contributed by atoms with Crippen molar-refractivity contribution in [1.29, 1.82) is 0 Å². The van der Waals surface area contributed by atoms with Gasteiger partial charge in [0.2, 0.25) is 5.91 Å². The summed E-state index contributed by atoms with van der Waals surface area (Å²) in [4.78, 5) is 23.7. The molecule has 106 valence electrons. The lowest BCUT2D eigenvalue weighted by Crippen LogP contribution is -2.40. The molecule has 0 aliphatic heterocycles. The summed E-state index contributed by atoms with van der Waals surface area (Å²) in [5.74, 6) is 0.336. The second-order valence-electron chi connectivity index (χ2n) is 4.64. The van der Waals surface area contributed by atoms with E-state index in [9.17, 15) is 4.79 Å². The number of aromatic nitrogens is 3. The molecule has 0 spiro atoms. The molecule has 6 heteroatoms. The standard InChI is InChI=1S/C15H15N5O/c1-11(21)19(2)20(13-6-4-3-5-7-13)15-17-10-12-8-9-16-14(12)18-15/h3-10H,1-2H3,(H,16,17,18). The summed E-state index contributed by atoms with van der Waals surface area (Å²) >= 11 is 0. The van der Waals surface area contributed by atoms with Crippen LogP contribution in [0.4, 0.5) is 11.6 Å².